The lowest BCUT2D eigenvalue weighted by Crippen LogP contribution is -2.45. The standard InChI is InChI=1S/C13H18BrFN2/c1-2-12(17-8-6-16-7-9-17)10-4-3-5-11(14)13(10)15/h3-5,12,16H,2,6-9H2,1H3/t12-/m0/s1. The van der Waals surface area contributed by atoms with Crippen LogP contribution in [0.2, 0.25) is 0 Å². The fourth-order valence-corrected chi connectivity index (χ4v) is 2.83. The molecular weight excluding hydrogens is 283 g/mol. The Morgan fingerprint density at radius 3 is 2.76 bits per heavy atom. The molecule has 1 aliphatic rings. The minimum absolute atomic E-state index is 0.113. The zero-order chi connectivity index (χ0) is 12.3. The molecule has 1 aromatic rings. The summed E-state index contributed by atoms with van der Waals surface area (Å²) in [6.07, 6.45) is 0.938. The predicted octanol–water partition coefficient (Wildman–Crippen LogP) is 2.94. The van der Waals surface area contributed by atoms with Gasteiger partial charge >= 0.3 is 0 Å². The average Bonchev–Trinajstić information content (AvgIpc) is 2.37. The molecule has 1 saturated heterocycles. The van der Waals surface area contributed by atoms with Gasteiger partial charge < -0.3 is 5.32 Å². The predicted molar refractivity (Wildman–Crippen MR) is 71.6 cm³/mol. The lowest BCUT2D eigenvalue weighted by atomic mass is 10.0. The van der Waals surface area contributed by atoms with Crippen molar-refractivity contribution in [1.29, 1.82) is 0 Å². The topological polar surface area (TPSA) is 15.3 Å². The van der Waals surface area contributed by atoms with Gasteiger partial charge in [0.15, 0.2) is 0 Å². The van der Waals surface area contributed by atoms with Crippen LogP contribution in [0.25, 0.3) is 0 Å². The summed E-state index contributed by atoms with van der Waals surface area (Å²) in [6.45, 7) is 6.08. The van der Waals surface area contributed by atoms with E-state index in [0.717, 1.165) is 38.2 Å². The van der Waals surface area contributed by atoms with Gasteiger partial charge in [-0.3, -0.25) is 4.90 Å². The molecule has 1 atom stereocenters. The molecule has 1 aliphatic heterocycles. The number of halogens is 2. The summed E-state index contributed by atoms with van der Waals surface area (Å²) in [5.74, 6) is -0.113. The summed E-state index contributed by atoms with van der Waals surface area (Å²) >= 11 is 3.26. The van der Waals surface area contributed by atoms with Crippen LogP contribution in [0.15, 0.2) is 22.7 Å². The number of hydrogen-bond acceptors (Lipinski definition) is 2. The third kappa shape index (κ3) is 2.87. The second kappa shape index (κ2) is 5.94. The summed E-state index contributed by atoms with van der Waals surface area (Å²) in [5, 5.41) is 3.33. The highest BCUT2D eigenvalue weighted by molar-refractivity contribution is 9.10. The lowest BCUT2D eigenvalue weighted by molar-refractivity contribution is 0.166. The van der Waals surface area contributed by atoms with E-state index in [9.17, 15) is 4.39 Å². The molecular formula is C13H18BrFN2. The monoisotopic (exact) mass is 300 g/mol. The van der Waals surface area contributed by atoms with E-state index in [0.29, 0.717) is 4.47 Å². The molecule has 0 amide bonds. The molecule has 0 radical (unpaired) electrons. The third-order valence-corrected chi connectivity index (χ3v) is 3.93. The van der Waals surface area contributed by atoms with Gasteiger partial charge in [-0.05, 0) is 28.4 Å². The number of hydrogen-bond donors (Lipinski definition) is 1. The Morgan fingerprint density at radius 2 is 2.12 bits per heavy atom. The molecule has 0 aliphatic carbocycles. The van der Waals surface area contributed by atoms with Gasteiger partial charge in [0.25, 0.3) is 0 Å². The van der Waals surface area contributed by atoms with Crippen LogP contribution in [-0.2, 0) is 0 Å². The molecule has 1 fully saturated rings. The number of rotatable bonds is 3. The molecule has 0 saturated carbocycles. The molecule has 17 heavy (non-hydrogen) atoms. The van der Waals surface area contributed by atoms with Crippen molar-refractivity contribution >= 4 is 15.9 Å². The highest BCUT2D eigenvalue weighted by Crippen LogP contribution is 2.29. The molecule has 4 heteroatoms. The first-order valence-electron chi connectivity index (χ1n) is 6.12. The van der Waals surface area contributed by atoms with Crippen molar-refractivity contribution < 1.29 is 4.39 Å². The first kappa shape index (κ1) is 13.0. The molecule has 0 unspecified atom stereocenters. The van der Waals surface area contributed by atoms with Crippen LogP contribution in [0.3, 0.4) is 0 Å². The van der Waals surface area contributed by atoms with E-state index in [2.05, 4.69) is 33.1 Å². The second-order valence-electron chi connectivity index (χ2n) is 4.35. The fourth-order valence-electron chi connectivity index (χ4n) is 2.45. The number of nitrogens with zero attached hydrogens (tertiary/aromatic N) is 1. The Kier molecular flexibility index (Phi) is 4.54. The average molecular weight is 301 g/mol. The summed E-state index contributed by atoms with van der Waals surface area (Å²) in [5.41, 5.74) is 0.809. The zero-order valence-electron chi connectivity index (χ0n) is 10.0. The number of benzene rings is 1. The zero-order valence-corrected chi connectivity index (χ0v) is 11.6. The highest BCUT2D eigenvalue weighted by Gasteiger charge is 2.23. The Morgan fingerprint density at radius 1 is 1.41 bits per heavy atom. The summed E-state index contributed by atoms with van der Waals surface area (Å²) in [4.78, 5) is 2.36. The van der Waals surface area contributed by atoms with Gasteiger partial charge in [-0.15, -0.1) is 0 Å². The Bertz CT molecular complexity index is 378. The van der Waals surface area contributed by atoms with Crippen molar-refractivity contribution in [2.45, 2.75) is 19.4 Å². The molecule has 2 nitrogen and oxygen atoms in total. The molecule has 0 bridgehead atoms. The maximum absolute atomic E-state index is 14.1. The van der Waals surface area contributed by atoms with Crippen LogP contribution < -0.4 is 5.32 Å². The van der Waals surface area contributed by atoms with E-state index in [1.54, 1.807) is 6.07 Å². The van der Waals surface area contributed by atoms with E-state index >= 15 is 0 Å². The number of piperazine rings is 1. The lowest BCUT2D eigenvalue weighted by Gasteiger charge is -2.35. The SMILES string of the molecule is CC[C@@H](c1cccc(Br)c1F)N1CCNCC1. The van der Waals surface area contributed by atoms with Gasteiger partial charge in [-0.25, -0.2) is 4.39 Å². The summed E-state index contributed by atoms with van der Waals surface area (Å²) in [7, 11) is 0. The van der Waals surface area contributed by atoms with Gasteiger partial charge in [0, 0.05) is 37.8 Å². The van der Waals surface area contributed by atoms with Gasteiger partial charge in [-0.2, -0.15) is 0 Å². The van der Waals surface area contributed by atoms with Crippen molar-refractivity contribution in [2.75, 3.05) is 26.2 Å². The van der Waals surface area contributed by atoms with Crippen LogP contribution in [0, 0.1) is 5.82 Å². The first-order valence-corrected chi connectivity index (χ1v) is 6.92. The van der Waals surface area contributed by atoms with Crippen molar-refractivity contribution in [1.82, 2.24) is 10.2 Å². The minimum atomic E-state index is -0.113. The normalized spacial score (nSPS) is 19.2. The van der Waals surface area contributed by atoms with Gasteiger partial charge in [0.1, 0.15) is 5.82 Å². The fraction of sp³-hybridized carbons (Fsp3) is 0.538. The maximum Gasteiger partial charge on any atom is 0.142 e. The molecule has 0 aromatic heterocycles. The van der Waals surface area contributed by atoms with Gasteiger partial charge in [0.05, 0.1) is 4.47 Å². The van der Waals surface area contributed by atoms with Gasteiger partial charge in [0.2, 0.25) is 0 Å². The second-order valence-corrected chi connectivity index (χ2v) is 5.21. The van der Waals surface area contributed by atoms with Crippen molar-refractivity contribution in [2.24, 2.45) is 0 Å². The largest absolute Gasteiger partial charge is 0.314 e. The van der Waals surface area contributed by atoms with Crippen molar-refractivity contribution in [3.05, 3.63) is 34.1 Å². The Balaban J connectivity index is 2.24. The first-order chi connectivity index (χ1) is 8.24. The molecule has 1 heterocycles. The van der Waals surface area contributed by atoms with Crippen LogP contribution in [-0.4, -0.2) is 31.1 Å². The van der Waals surface area contributed by atoms with E-state index in [1.165, 1.54) is 0 Å². The van der Waals surface area contributed by atoms with Gasteiger partial charge in [-0.1, -0.05) is 19.1 Å². The molecule has 0 spiro atoms. The molecule has 2 rings (SSSR count). The molecule has 94 valence electrons. The quantitative estimate of drug-likeness (QED) is 0.923. The summed E-state index contributed by atoms with van der Waals surface area (Å²) < 4.78 is 14.7. The van der Waals surface area contributed by atoms with Crippen LogP contribution in [0.1, 0.15) is 24.9 Å². The molecule has 1 N–H and O–H groups in total. The van der Waals surface area contributed by atoms with E-state index < -0.39 is 0 Å². The smallest absolute Gasteiger partial charge is 0.142 e. The van der Waals surface area contributed by atoms with Crippen molar-refractivity contribution in [3.63, 3.8) is 0 Å². The van der Waals surface area contributed by atoms with Crippen molar-refractivity contribution in [3.8, 4) is 0 Å². The minimum Gasteiger partial charge on any atom is -0.314 e. The molecule has 1 aromatic carbocycles. The van der Waals surface area contributed by atoms with Crippen LogP contribution >= 0.6 is 15.9 Å². The van der Waals surface area contributed by atoms with E-state index in [-0.39, 0.29) is 11.9 Å². The third-order valence-electron chi connectivity index (χ3n) is 3.32. The van der Waals surface area contributed by atoms with Crippen LogP contribution in [0.4, 0.5) is 4.39 Å². The maximum atomic E-state index is 14.1. The Labute approximate surface area is 110 Å². The van der Waals surface area contributed by atoms with Crippen LogP contribution in [0.5, 0.6) is 0 Å². The van der Waals surface area contributed by atoms with E-state index in [4.69, 9.17) is 0 Å². The number of nitrogens with one attached hydrogen (secondary N) is 1. The Hall–Kier alpha value is -0.450. The van der Waals surface area contributed by atoms with E-state index in [1.807, 2.05) is 12.1 Å². The summed E-state index contributed by atoms with van der Waals surface area (Å²) in [6, 6.07) is 5.75. The highest BCUT2D eigenvalue weighted by atomic mass is 79.9.